The van der Waals surface area contributed by atoms with Gasteiger partial charge in [-0.15, -0.1) is 0 Å². The van der Waals surface area contributed by atoms with Gasteiger partial charge in [0.15, 0.2) is 6.20 Å². The predicted molar refractivity (Wildman–Crippen MR) is 123 cm³/mol. The van der Waals surface area contributed by atoms with E-state index >= 15 is 0 Å². The highest BCUT2D eigenvalue weighted by Crippen LogP contribution is 2.37. The summed E-state index contributed by atoms with van der Waals surface area (Å²) in [5.74, 6) is 0.974. The number of fused-ring (bicyclic) bond motifs is 1. The van der Waals surface area contributed by atoms with Gasteiger partial charge in [0.2, 0.25) is 5.69 Å². The minimum atomic E-state index is 0.456. The van der Waals surface area contributed by atoms with Crippen LogP contribution in [-0.4, -0.2) is 4.57 Å². The molecule has 29 heavy (non-hydrogen) atoms. The summed E-state index contributed by atoms with van der Waals surface area (Å²) in [6.07, 6.45) is 2.27. The second-order valence-corrected chi connectivity index (χ2v) is 8.65. The Morgan fingerprint density at radius 1 is 0.793 bits per heavy atom. The van der Waals surface area contributed by atoms with Crippen LogP contribution >= 0.6 is 0 Å². The van der Waals surface area contributed by atoms with Crippen molar-refractivity contribution in [3.63, 3.8) is 0 Å². The van der Waals surface area contributed by atoms with Crippen molar-refractivity contribution in [1.29, 1.82) is 0 Å². The SMILES string of the molecule is Cc1c(-c2ccc(C(C)C)c[n+]2C)n(-c2ccccc2C(C)C)c2ccccc12. The van der Waals surface area contributed by atoms with Crippen molar-refractivity contribution < 1.29 is 4.57 Å². The zero-order valence-corrected chi connectivity index (χ0v) is 18.4. The van der Waals surface area contributed by atoms with E-state index in [1.807, 2.05) is 0 Å². The lowest BCUT2D eigenvalue weighted by Crippen LogP contribution is -2.32. The van der Waals surface area contributed by atoms with E-state index in [1.165, 1.54) is 44.7 Å². The summed E-state index contributed by atoms with van der Waals surface area (Å²) in [7, 11) is 2.16. The maximum absolute atomic E-state index is 2.46. The molecule has 0 N–H and O–H groups in total. The van der Waals surface area contributed by atoms with Gasteiger partial charge in [-0.2, -0.15) is 4.57 Å². The highest BCUT2D eigenvalue weighted by molar-refractivity contribution is 5.92. The summed E-state index contributed by atoms with van der Waals surface area (Å²) >= 11 is 0. The lowest BCUT2D eigenvalue weighted by molar-refractivity contribution is -0.661. The van der Waals surface area contributed by atoms with Crippen molar-refractivity contribution in [3.05, 3.63) is 83.6 Å². The molecule has 2 heterocycles. The molecule has 2 aromatic heterocycles. The van der Waals surface area contributed by atoms with Gasteiger partial charge >= 0.3 is 0 Å². The van der Waals surface area contributed by atoms with Crippen molar-refractivity contribution in [2.75, 3.05) is 0 Å². The fourth-order valence-corrected chi connectivity index (χ4v) is 4.35. The van der Waals surface area contributed by atoms with Crippen LogP contribution in [0.1, 0.15) is 56.2 Å². The summed E-state index contributed by atoms with van der Waals surface area (Å²) in [6.45, 7) is 11.3. The molecule has 0 spiro atoms. The van der Waals surface area contributed by atoms with Crippen LogP contribution < -0.4 is 4.57 Å². The third-order valence-electron chi connectivity index (χ3n) is 5.99. The Labute approximate surface area is 174 Å². The predicted octanol–water partition coefficient (Wildman–Crippen LogP) is 6.68. The monoisotopic (exact) mass is 383 g/mol. The minimum Gasteiger partial charge on any atom is -0.304 e. The van der Waals surface area contributed by atoms with E-state index in [2.05, 4.69) is 118 Å². The van der Waals surface area contributed by atoms with Crippen molar-refractivity contribution in [2.45, 2.75) is 46.5 Å². The van der Waals surface area contributed by atoms with Gasteiger partial charge < -0.3 is 4.57 Å². The maximum atomic E-state index is 2.46. The standard InChI is InChI=1S/C27H31N2/c1-18(2)21-15-16-26(28(6)17-21)27-20(5)23-12-8-10-14-25(23)29(27)24-13-9-7-11-22(24)19(3)4/h7-19H,1-6H3/q+1. The lowest BCUT2D eigenvalue weighted by atomic mass is 10.0. The molecule has 0 amide bonds. The van der Waals surface area contributed by atoms with E-state index < -0.39 is 0 Å². The highest BCUT2D eigenvalue weighted by Gasteiger charge is 2.24. The van der Waals surface area contributed by atoms with Crippen LogP contribution in [0, 0.1) is 6.92 Å². The van der Waals surface area contributed by atoms with Crippen LogP contribution in [0.4, 0.5) is 0 Å². The first kappa shape index (κ1) is 19.4. The van der Waals surface area contributed by atoms with Gasteiger partial charge in [0.25, 0.3) is 0 Å². The first-order valence-electron chi connectivity index (χ1n) is 10.6. The second-order valence-electron chi connectivity index (χ2n) is 8.65. The number of benzene rings is 2. The molecule has 0 fully saturated rings. The molecular weight excluding hydrogens is 352 g/mol. The van der Waals surface area contributed by atoms with Crippen LogP contribution in [0.25, 0.3) is 28.0 Å². The lowest BCUT2D eigenvalue weighted by Gasteiger charge is -2.17. The van der Waals surface area contributed by atoms with E-state index in [4.69, 9.17) is 0 Å². The number of hydrogen-bond donors (Lipinski definition) is 0. The number of aromatic nitrogens is 2. The Morgan fingerprint density at radius 2 is 1.48 bits per heavy atom. The Bertz CT molecular complexity index is 1180. The molecule has 0 radical (unpaired) electrons. The number of pyridine rings is 1. The summed E-state index contributed by atoms with van der Waals surface area (Å²) in [6, 6.07) is 22.1. The number of para-hydroxylation sites is 2. The van der Waals surface area contributed by atoms with Crippen molar-refractivity contribution in [3.8, 4) is 17.1 Å². The maximum Gasteiger partial charge on any atom is 0.229 e. The number of nitrogens with zero attached hydrogens (tertiary/aromatic N) is 2. The number of aryl methyl sites for hydroxylation is 2. The first-order valence-corrected chi connectivity index (χ1v) is 10.6. The summed E-state index contributed by atoms with van der Waals surface area (Å²) in [4.78, 5) is 0. The van der Waals surface area contributed by atoms with Gasteiger partial charge in [-0.25, -0.2) is 0 Å². The van der Waals surface area contributed by atoms with Gasteiger partial charge in [0.1, 0.15) is 12.7 Å². The summed E-state index contributed by atoms with van der Waals surface area (Å²) in [5, 5.41) is 1.31. The van der Waals surface area contributed by atoms with Gasteiger partial charge in [0.05, 0.1) is 5.52 Å². The fourth-order valence-electron chi connectivity index (χ4n) is 4.35. The fraction of sp³-hybridized carbons (Fsp3) is 0.296. The van der Waals surface area contributed by atoms with Gasteiger partial charge in [-0.1, -0.05) is 64.1 Å². The highest BCUT2D eigenvalue weighted by atomic mass is 15.0. The molecule has 0 saturated carbocycles. The molecule has 2 heteroatoms. The molecule has 2 aromatic carbocycles. The van der Waals surface area contributed by atoms with E-state index in [-0.39, 0.29) is 0 Å². The zero-order chi connectivity index (χ0) is 20.7. The molecule has 0 saturated heterocycles. The van der Waals surface area contributed by atoms with Gasteiger partial charge in [-0.3, -0.25) is 0 Å². The molecule has 4 aromatic rings. The van der Waals surface area contributed by atoms with E-state index in [1.54, 1.807) is 0 Å². The van der Waals surface area contributed by atoms with Crippen molar-refractivity contribution in [2.24, 2.45) is 7.05 Å². The molecule has 4 rings (SSSR count). The zero-order valence-electron chi connectivity index (χ0n) is 18.4. The van der Waals surface area contributed by atoms with E-state index in [0.29, 0.717) is 11.8 Å². The summed E-state index contributed by atoms with van der Waals surface area (Å²) < 4.78 is 4.75. The van der Waals surface area contributed by atoms with E-state index in [0.717, 1.165) is 0 Å². The van der Waals surface area contributed by atoms with Crippen LogP contribution in [0.15, 0.2) is 66.9 Å². The third kappa shape index (κ3) is 3.27. The molecule has 0 atom stereocenters. The van der Waals surface area contributed by atoms with Gasteiger partial charge in [-0.05, 0) is 48.1 Å². The molecule has 0 aliphatic rings. The summed E-state index contributed by atoms with van der Waals surface area (Å²) in [5.41, 5.74) is 9.11. The molecular formula is C27H31N2+. The van der Waals surface area contributed by atoms with Crippen LogP contribution in [-0.2, 0) is 7.05 Å². The average molecular weight is 384 g/mol. The molecule has 0 aliphatic carbocycles. The Kier molecular flexibility index (Phi) is 5.04. The van der Waals surface area contributed by atoms with Crippen molar-refractivity contribution in [1.82, 2.24) is 4.57 Å². The quantitative estimate of drug-likeness (QED) is 0.348. The third-order valence-corrected chi connectivity index (χ3v) is 5.99. The molecule has 148 valence electrons. The van der Waals surface area contributed by atoms with E-state index in [9.17, 15) is 0 Å². The molecule has 0 aliphatic heterocycles. The molecule has 0 unspecified atom stereocenters. The Balaban J connectivity index is 2.09. The van der Waals surface area contributed by atoms with Crippen LogP contribution in [0.3, 0.4) is 0 Å². The first-order chi connectivity index (χ1) is 13.9. The average Bonchev–Trinajstić information content (AvgIpc) is 3.00. The molecule has 0 bridgehead atoms. The topological polar surface area (TPSA) is 8.81 Å². The van der Waals surface area contributed by atoms with Crippen molar-refractivity contribution >= 4 is 10.9 Å². The molecule has 2 nitrogen and oxygen atoms in total. The number of hydrogen-bond acceptors (Lipinski definition) is 0. The Morgan fingerprint density at radius 3 is 2.17 bits per heavy atom. The largest absolute Gasteiger partial charge is 0.304 e. The van der Waals surface area contributed by atoms with Crippen LogP contribution in [0.5, 0.6) is 0 Å². The minimum absolute atomic E-state index is 0.456. The Hall–Kier alpha value is -2.87. The second kappa shape index (κ2) is 7.51. The van der Waals surface area contributed by atoms with Gasteiger partial charge in [0, 0.05) is 22.7 Å². The van der Waals surface area contributed by atoms with Crippen LogP contribution in [0.2, 0.25) is 0 Å². The normalized spacial score (nSPS) is 11.7. The number of rotatable bonds is 4. The smallest absolute Gasteiger partial charge is 0.229 e.